The molecule has 2 aromatic rings. The molecule has 2 amide bonds. The molecule has 0 aliphatic carbocycles. The fourth-order valence-corrected chi connectivity index (χ4v) is 6.08. The lowest BCUT2D eigenvalue weighted by Gasteiger charge is -2.49. The number of nitrogens with one attached hydrogen (secondary N) is 1. The Morgan fingerprint density at radius 2 is 2.10 bits per heavy atom. The first-order valence-electron chi connectivity index (χ1n) is 8.74. The number of carbonyl (C=O) groups is 3. The smallest absolute Gasteiger partial charge is 0.353 e. The van der Waals surface area contributed by atoms with Crippen molar-refractivity contribution in [1.29, 1.82) is 0 Å². The molecule has 0 bridgehead atoms. The van der Waals surface area contributed by atoms with E-state index in [-0.39, 0.29) is 17.4 Å². The van der Waals surface area contributed by atoms with Crippen LogP contribution in [0, 0.1) is 0 Å². The van der Waals surface area contributed by atoms with Crippen LogP contribution in [0.2, 0.25) is 0 Å². The minimum atomic E-state index is -1.20. The molecule has 0 radical (unpaired) electrons. The van der Waals surface area contributed by atoms with Crippen LogP contribution in [-0.2, 0) is 21.4 Å². The van der Waals surface area contributed by atoms with Gasteiger partial charge in [0.2, 0.25) is 11.1 Å². The van der Waals surface area contributed by atoms with Crippen LogP contribution < -0.4 is 5.32 Å². The Labute approximate surface area is 183 Å². The highest BCUT2D eigenvalue weighted by molar-refractivity contribution is 8.06. The molecule has 0 spiro atoms. The van der Waals surface area contributed by atoms with Gasteiger partial charge in [-0.2, -0.15) is 0 Å². The molecule has 10 nitrogen and oxygen atoms in total. The zero-order valence-corrected chi connectivity index (χ0v) is 18.0. The Balaban J connectivity index is 1.43. The van der Waals surface area contributed by atoms with Crippen LogP contribution in [0.15, 0.2) is 51.0 Å². The molecular formula is C17H16N6O4S3. The number of aromatic nitrogens is 4. The number of aryl methyl sites for hydroxylation is 1. The lowest BCUT2D eigenvalue weighted by atomic mass is 10.1. The normalized spacial score (nSPS) is 20.6. The number of carboxylic acids is 1. The van der Waals surface area contributed by atoms with E-state index in [4.69, 9.17) is 0 Å². The number of β-lactam (4-membered cyclic amide) rings is 1. The SMILES string of the molecule is Cn1nnnc1SC1=C(C(=O)O)N2C(=O)[C@@H](NC(=O)CSc3ccccc3)[C@@H]2SC1. The Bertz CT molecular complexity index is 1030. The standard InChI is InChI=1S/C17H16N6O4S3/c1-22-17(19-20-21-22)30-10-7-29-15-12(14(25)23(15)13(10)16(26)27)18-11(24)8-28-9-5-3-2-4-6-9/h2-6,12,15H,7-8H2,1H3,(H,18,24)(H,26,27)/t12-,15+/m1/s1. The second kappa shape index (κ2) is 8.70. The number of amides is 2. The molecule has 3 heterocycles. The molecule has 13 heteroatoms. The number of carboxylic acid groups (broad SMARTS) is 1. The van der Waals surface area contributed by atoms with Gasteiger partial charge in [-0.3, -0.25) is 14.5 Å². The van der Waals surface area contributed by atoms with Crippen LogP contribution in [0.5, 0.6) is 0 Å². The van der Waals surface area contributed by atoms with Crippen molar-refractivity contribution < 1.29 is 19.5 Å². The van der Waals surface area contributed by atoms with Crippen LogP contribution in [-0.4, -0.2) is 70.9 Å². The topological polar surface area (TPSA) is 130 Å². The summed E-state index contributed by atoms with van der Waals surface area (Å²) in [5.41, 5.74) is -0.0825. The molecule has 2 aliphatic rings. The van der Waals surface area contributed by atoms with Crippen molar-refractivity contribution in [3.05, 3.63) is 40.9 Å². The van der Waals surface area contributed by atoms with Gasteiger partial charge >= 0.3 is 5.97 Å². The number of carbonyl (C=O) groups excluding carboxylic acids is 2. The number of hydrogen-bond donors (Lipinski definition) is 2. The monoisotopic (exact) mass is 464 g/mol. The Kier molecular flexibility index (Phi) is 6.01. The molecule has 2 N–H and O–H groups in total. The van der Waals surface area contributed by atoms with Gasteiger partial charge in [0.1, 0.15) is 17.1 Å². The molecule has 0 unspecified atom stereocenters. The highest BCUT2D eigenvalue weighted by Gasteiger charge is 2.54. The minimum Gasteiger partial charge on any atom is -0.477 e. The lowest BCUT2D eigenvalue weighted by molar-refractivity contribution is -0.150. The molecule has 1 fully saturated rings. The summed E-state index contributed by atoms with van der Waals surface area (Å²) in [5, 5.41) is 23.5. The molecule has 2 aliphatic heterocycles. The highest BCUT2D eigenvalue weighted by Crippen LogP contribution is 2.44. The fraction of sp³-hybridized carbons (Fsp3) is 0.294. The quantitative estimate of drug-likeness (QED) is 0.448. The van der Waals surface area contributed by atoms with Crippen LogP contribution >= 0.6 is 35.3 Å². The third-order valence-corrected chi connectivity index (χ3v) is 7.95. The summed E-state index contributed by atoms with van der Waals surface area (Å²) in [6.07, 6.45) is 0. The highest BCUT2D eigenvalue weighted by atomic mass is 32.2. The number of rotatable bonds is 7. The van der Waals surface area contributed by atoms with Crippen molar-refractivity contribution in [2.45, 2.75) is 21.5 Å². The maximum Gasteiger partial charge on any atom is 0.353 e. The summed E-state index contributed by atoms with van der Waals surface area (Å²) in [6.45, 7) is 0. The number of aliphatic carboxylic acids is 1. The maximum atomic E-state index is 12.7. The summed E-state index contributed by atoms with van der Waals surface area (Å²) in [4.78, 5) is 39.5. The Hall–Kier alpha value is -2.51. The van der Waals surface area contributed by atoms with E-state index in [1.807, 2.05) is 30.3 Å². The number of tetrazole rings is 1. The van der Waals surface area contributed by atoms with Crippen molar-refractivity contribution in [3.8, 4) is 0 Å². The molecule has 0 saturated carbocycles. The summed E-state index contributed by atoms with van der Waals surface area (Å²) in [5.74, 6) is -1.35. The van der Waals surface area contributed by atoms with Crippen molar-refractivity contribution in [2.24, 2.45) is 7.05 Å². The zero-order valence-electron chi connectivity index (χ0n) is 15.6. The molecule has 1 aromatic heterocycles. The molecule has 2 atom stereocenters. The molecule has 4 rings (SSSR count). The van der Waals surface area contributed by atoms with E-state index >= 15 is 0 Å². The number of fused-ring (bicyclic) bond motifs is 1. The van der Waals surface area contributed by atoms with Crippen molar-refractivity contribution >= 4 is 53.1 Å². The first kappa shape index (κ1) is 20.8. The average molecular weight is 465 g/mol. The number of nitrogens with zero attached hydrogens (tertiary/aromatic N) is 5. The van der Waals surface area contributed by atoms with Crippen molar-refractivity contribution in [1.82, 2.24) is 30.4 Å². The second-order valence-corrected chi connectivity index (χ2v) is 9.54. The van der Waals surface area contributed by atoms with E-state index in [1.54, 1.807) is 7.05 Å². The predicted molar refractivity (Wildman–Crippen MR) is 112 cm³/mol. The van der Waals surface area contributed by atoms with E-state index in [0.29, 0.717) is 15.8 Å². The summed E-state index contributed by atoms with van der Waals surface area (Å²) in [6, 6.07) is 8.74. The van der Waals surface area contributed by atoms with Gasteiger partial charge in [0.05, 0.1) is 5.75 Å². The zero-order chi connectivity index (χ0) is 21.3. The molecule has 1 aromatic carbocycles. The van der Waals surface area contributed by atoms with Gasteiger partial charge in [0.25, 0.3) is 5.91 Å². The van der Waals surface area contributed by atoms with E-state index in [9.17, 15) is 19.5 Å². The molecule has 30 heavy (non-hydrogen) atoms. The second-order valence-electron chi connectivity index (χ2n) is 6.32. The molecule has 1 saturated heterocycles. The molecule has 156 valence electrons. The largest absolute Gasteiger partial charge is 0.477 e. The Morgan fingerprint density at radius 3 is 2.77 bits per heavy atom. The minimum absolute atomic E-state index is 0.0825. The number of thioether (sulfide) groups is 3. The fourth-order valence-electron chi connectivity index (χ4n) is 2.97. The first-order valence-corrected chi connectivity index (χ1v) is 11.6. The van der Waals surface area contributed by atoms with Crippen molar-refractivity contribution in [3.63, 3.8) is 0 Å². The maximum absolute atomic E-state index is 12.7. The van der Waals surface area contributed by atoms with Crippen LogP contribution in [0.4, 0.5) is 0 Å². The van der Waals surface area contributed by atoms with Crippen LogP contribution in [0.3, 0.4) is 0 Å². The first-order chi connectivity index (χ1) is 14.5. The van der Waals surface area contributed by atoms with Crippen molar-refractivity contribution in [2.75, 3.05) is 11.5 Å². The van der Waals surface area contributed by atoms with Gasteiger partial charge < -0.3 is 10.4 Å². The van der Waals surface area contributed by atoms with Gasteiger partial charge in [0, 0.05) is 22.6 Å². The van der Waals surface area contributed by atoms with Crippen LogP contribution in [0.25, 0.3) is 0 Å². The Morgan fingerprint density at radius 1 is 1.33 bits per heavy atom. The van der Waals surface area contributed by atoms with E-state index < -0.39 is 23.3 Å². The third kappa shape index (κ3) is 4.04. The molecular weight excluding hydrogens is 448 g/mol. The van der Waals surface area contributed by atoms with Gasteiger partial charge in [0.15, 0.2) is 0 Å². The number of benzene rings is 1. The summed E-state index contributed by atoms with van der Waals surface area (Å²) in [7, 11) is 1.65. The van der Waals surface area contributed by atoms with E-state index in [0.717, 1.165) is 16.7 Å². The van der Waals surface area contributed by atoms with E-state index in [1.165, 1.54) is 33.1 Å². The summed E-state index contributed by atoms with van der Waals surface area (Å²) < 4.78 is 1.43. The van der Waals surface area contributed by atoms with Gasteiger partial charge in [-0.25, -0.2) is 9.48 Å². The van der Waals surface area contributed by atoms with Gasteiger partial charge in [-0.1, -0.05) is 18.2 Å². The van der Waals surface area contributed by atoms with Gasteiger partial charge in [-0.15, -0.1) is 28.6 Å². The van der Waals surface area contributed by atoms with Gasteiger partial charge in [-0.05, 0) is 34.3 Å². The lowest BCUT2D eigenvalue weighted by Crippen LogP contribution is -2.70. The van der Waals surface area contributed by atoms with E-state index in [2.05, 4.69) is 20.8 Å². The predicted octanol–water partition coefficient (Wildman–Crippen LogP) is 0.791. The van der Waals surface area contributed by atoms with Crippen LogP contribution in [0.1, 0.15) is 0 Å². The third-order valence-electron chi connectivity index (χ3n) is 4.36. The summed E-state index contributed by atoms with van der Waals surface area (Å²) >= 11 is 3.89. The number of hydrogen-bond acceptors (Lipinski definition) is 9. The average Bonchev–Trinajstić information content (AvgIpc) is 3.15.